The van der Waals surface area contributed by atoms with Gasteiger partial charge in [-0.25, -0.2) is 0 Å². The molecule has 1 aromatic heterocycles. The predicted molar refractivity (Wildman–Crippen MR) is 76.5 cm³/mol. The molecule has 20 heavy (non-hydrogen) atoms. The molecule has 1 N–H and O–H groups in total. The first-order valence-corrected chi connectivity index (χ1v) is 7.53. The highest BCUT2D eigenvalue weighted by atomic mass is 16.2. The van der Waals surface area contributed by atoms with E-state index in [0.717, 1.165) is 25.2 Å². The summed E-state index contributed by atoms with van der Waals surface area (Å²) in [6.45, 7) is 7.36. The van der Waals surface area contributed by atoms with Crippen molar-refractivity contribution in [2.75, 3.05) is 19.6 Å². The van der Waals surface area contributed by atoms with Gasteiger partial charge in [0.25, 0.3) is 5.91 Å². The van der Waals surface area contributed by atoms with E-state index >= 15 is 0 Å². The Labute approximate surface area is 119 Å². The summed E-state index contributed by atoms with van der Waals surface area (Å²) in [5, 5.41) is 11.1. The molecule has 0 radical (unpaired) electrons. The Morgan fingerprint density at radius 2 is 2.25 bits per heavy atom. The average Bonchev–Trinajstić information content (AvgIpc) is 3.25. The lowest BCUT2D eigenvalue weighted by molar-refractivity contribution is 0.0925. The van der Waals surface area contributed by atoms with E-state index in [0.29, 0.717) is 17.5 Å². The Bertz CT molecular complexity index is 500. The standard InChI is InChI=1S/C15H22N4O/c1-3-19-8-10(2)14(9-19)17-15(20)13-6-12(7-16-18-13)11-4-5-11/h6-7,10-11,14H,3-5,8-9H2,1-2H3,(H,17,20)/t10-,14+/m1/s1. The van der Waals surface area contributed by atoms with Crippen LogP contribution in [0.15, 0.2) is 12.3 Å². The first kappa shape index (κ1) is 13.5. The van der Waals surface area contributed by atoms with E-state index in [-0.39, 0.29) is 11.9 Å². The van der Waals surface area contributed by atoms with Gasteiger partial charge in [-0.15, -0.1) is 5.10 Å². The highest BCUT2D eigenvalue weighted by Crippen LogP contribution is 2.39. The fourth-order valence-corrected chi connectivity index (χ4v) is 2.89. The van der Waals surface area contributed by atoms with E-state index < -0.39 is 0 Å². The molecule has 2 heterocycles. The van der Waals surface area contributed by atoms with Gasteiger partial charge < -0.3 is 10.2 Å². The average molecular weight is 274 g/mol. The summed E-state index contributed by atoms with van der Waals surface area (Å²) in [5.41, 5.74) is 1.61. The van der Waals surface area contributed by atoms with Gasteiger partial charge in [0.15, 0.2) is 5.69 Å². The van der Waals surface area contributed by atoms with Crippen molar-refractivity contribution >= 4 is 5.91 Å². The molecule has 0 bridgehead atoms. The Morgan fingerprint density at radius 3 is 2.90 bits per heavy atom. The molecule has 0 unspecified atom stereocenters. The number of nitrogens with zero attached hydrogens (tertiary/aromatic N) is 3. The van der Waals surface area contributed by atoms with Crippen LogP contribution in [0.1, 0.15) is 48.7 Å². The third-order valence-electron chi connectivity index (χ3n) is 4.41. The van der Waals surface area contributed by atoms with Crippen molar-refractivity contribution in [2.45, 2.75) is 38.6 Å². The summed E-state index contributed by atoms with van der Waals surface area (Å²) in [7, 11) is 0. The summed E-state index contributed by atoms with van der Waals surface area (Å²) < 4.78 is 0. The molecule has 2 aliphatic rings. The van der Waals surface area contributed by atoms with Crippen LogP contribution in [0, 0.1) is 5.92 Å². The first-order valence-electron chi connectivity index (χ1n) is 7.53. The third kappa shape index (κ3) is 2.82. The van der Waals surface area contributed by atoms with E-state index in [9.17, 15) is 4.79 Å². The number of hydrogen-bond acceptors (Lipinski definition) is 4. The summed E-state index contributed by atoms with van der Waals surface area (Å²) in [5.74, 6) is 0.992. The number of carbonyl (C=O) groups excluding carboxylic acids is 1. The van der Waals surface area contributed by atoms with Gasteiger partial charge in [-0.3, -0.25) is 4.79 Å². The second-order valence-corrected chi connectivity index (χ2v) is 6.06. The number of carbonyl (C=O) groups is 1. The minimum absolute atomic E-state index is 0.0881. The molecule has 0 spiro atoms. The Morgan fingerprint density at radius 1 is 1.45 bits per heavy atom. The van der Waals surface area contributed by atoms with Crippen LogP contribution in [-0.2, 0) is 0 Å². The zero-order valence-electron chi connectivity index (χ0n) is 12.2. The number of likely N-dealkylation sites (N-methyl/N-ethyl adjacent to an activating group) is 1. The van der Waals surface area contributed by atoms with Crippen LogP contribution >= 0.6 is 0 Å². The first-order chi connectivity index (χ1) is 9.67. The monoisotopic (exact) mass is 274 g/mol. The lowest BCUT2D eigenvalue weighted by Gasteiger charge is -2.16. The highest BCUT2D eigenvalue weighted by Gasteiger charge is 2.31. The smallest absolute Gasteiger partial charge is 0.272 e. The van der Waals surface area contributed by atoms with E-state index in [1.165, 1.54) is 12.8 Å². The SMILES string of the molecule is CCN1C[C@@H](C)[C@@H](NC(=O)c2cc(C3CC3)cnn2)C1. The fourth-order valence-electron chi connectivity index (χ4n) is 2.89. The summed E-state index contributed by atoms with van der Waals surface area (Å²) in [4.78, 5) is 14.7. The second-order valence-electron chi connectivity index (χ2n) is 6.06. The summed E-state index contributed by atoms with van der Waals surface area (Å²) in [6, 6.07) is 2.12. The van der Waals surface area contributed by atoms with E-state index in [1.54, 1.807) is 6.20 Å². The van der Waals surface area contributed by atoms with Crippen molar-refractivity contribution in [1.29, 1.82) is 0 Å². The Kier molecular flexibility index (Phi) is 3.70. The van der Waals surface area contributed by atoms with Crippen molar-refractivity contribution in [2.24, 2.45) is 5.92 Å². The Hall–Kier alpha value is -1.49. The lowest BCUT2D eigenvalue weighted by atomic mass is 10.1. The minimum Gasteiger partial charge on any atom is -0.346 e. The minimum atomic E-state index is -0.0881. The largest absolute Gasteiger partial charge is 0.346 e. The molecule has 5 heteroatoms. The van der Waals surface area contributed by atoms with Crippen molar-refractivity contribution in [3.8, 4) is 0 Å². The molecule has 0 aromatic carbocycles. The van der Waals surface area contributed by atoms with E-state index in [1.807, 2.05) is 6.07 Å². The van der Waals surface area contributed by atoms with Gasteiger partial charge in [0, 0.05) is 19.1 Å². The molecule has 2 atom stereocenters. The van der Waals surface area contributed by atoms with Crippen molar-refractivity contribution < 1.29 is 4.79 Å². The molecule has 108 valence electrons. The molecule has 1 aliphatic carbocycles. The highest BCUT2D eigenvalue weighted by molar-refractivity contribution is 5.92. The van der Waals surface area contributed by atoms with E-state index in [4.69, 9.17) is 0 Å². The summed E-state index contributed by atoms with van der Waals surface area (Å²) in [6.07, 6.45) is 4.20. The molecule has 2 fully saturated rings. The number of amides is 1. The molecule has 1 saturated carbocycles. The zero-order chi connectivity index (χ0) is 14.1. The van der Waals surface area contributed by atoms with Gasteiger partial charge in [0.05, 0.1) is 6.20 Å². The van der Waals surface area contributed by atoms with Gasteiger partial charge in [0.2, 0.25) is 0 Å². The van der Waals surface area contributed by atoms with Crippen LogP contribution in [0.2, 0.25) is 0 Å². The number of rotatable bonds is 4. The molecule has 3 rings (SSSR count). The van der Waals surface area contributed by atoms with Crippen LogP contribution in [0.3, 0.4) is 0 Å². The molecule has 1 amide bonds. The maximum atomic E-state index is 12.3. The molecular formula is C15H22N4O. The van der Waals surface area contributed by atoms with E-state index in [2.05, 4.69) is 34.3 Å². The molecule has 1 aliphatic heterocycles. The quantitative estimate of drug-likeness (QED) is 0.902. The second kappa shape index (κ2) is 5.48. The van der Waals surface area contributed by atoms with Gasteiger partial charge >= 0.3 is 0 Å². The maximum Gasteiger partial charge on any atom is 0.272 e. The van der Waals surface area contributed by atoms with Gasteiger partial charge in [0.1, 0.15) is 0 Å². The topological polar surface area (TPSA) is 58.1 Å². The van der Waals surface area contributed by atoms with Crippen LogP contribution < -0.4 is 5.32 Å². The zero-order valence-corrected chi connectivity index (χ0v) is 12.2. The van der Waals surface area contributed by atoms with Gasteiger partial charge in [-0.2, -0.15) is 5.10 Å². The van der Waals surface area contributed by atoms with Crippen molar-refractivity contribution in [1.82, 2.24) is 20.4 Å². The molecular weight excluding hydrogens is 252 g/mol. The number of hydrogen-bond donors (Lipinski definition) is 1. The predicted octanol–water partition coefficient (Wildman–Crippen LogP) is 1.42. The fraction of sp³-hybridized carbons (Fsp3) is 0.667. The van der Waals surface area contributed by atoms with Crippen molar-refractivity contribution in [3.63, 3.8) is 0 Å². The maximum absolute atomic E-state index is 12.3. The third-order valence-corrected chi connectivity index (χ3v) is 4.41. The molecule has 1 saturated heterocycles. The van der Waals surface area contributed by atoms with Gasteiger partial charge in [-0.05, 0) is 42.9 Å². The number of nitrogens with one attached hydrogen (secondary N) is 1. The van der Waals surface area contributed by atoms with Crippen LogP contribution in [-0.4, -0.2) is 46.7 Å². The number of likely N-dealkylation sites (tertiary alicyclic amines) is 1. The van der Waals surface area contributed by atoms with Crippen LogP contribution in [0.5, 0.6) is 0 Å². The van der Waals surface area contributed by atoms with Gasteiger partial charge in [-0.1, -0.05) is 13.8 Å². The Balaban J connectivity index is 1.65. The number of aromatic nitrogens is 2. The molecule has 1 aromatic rings. The molecule has 5 nitrogen and oxygen atoms in total. The van der Waals surface area contributed by atoms with Crippen LogP contribution in [0.25, 0.3) is 0 Å². The lowest BCUT2D eigenvalue weighted by Crippen LogP contribution is -2.40. The summed E-state index contributed by atoms with van der Waals surface area (Å²) >= 11 is 0. The normalized spacial score (nSPS) is 26.7. The van der Waals surface area contributed by atoms with Crippen molar-refractivity contribution in [3.05, 3.63) is 23.5 Å². The van der Waals surface area contributed by atoms with Crippen LogP contribution in [0.4, 0.5) is 0 Å².